The molecule has 0 aromatic heterocycles. The first-order valence-electron chi connectivity index (χ1n) is 8.08. The lowest BCUT2D eigenvalue weighted by atomic mass is 10.1. The highest BCUT2D eigenvalue weighted by Crippen LogP contribution is 2.12. The van der Waals surface area contributed by atoms with Crippen molar-refractivity contribution in [2.75, 3.05) is 26.2 Å². The summed E-state index contributed by atoms with van der Waals surface area (Å²) in [5.41, 5.74) is 0.723. The molecule has 2 rings (SSSR count). The topological polar surface area (TPSA) is 15.3 Å². The van der Waals surface area contributed by atoms with E-state index in [-0.39, 0.29) is 0 Å². The minimum absolute atomic E-state index is 0.491. The van der Waals surface area contributed by atoms with Crippen LogP contribution in [0.4, 0.5) is 8.78 Å². The van der Waals surface area contributed by atoms with Gasteiger partial charge in [-0.25, -0.2) is 8.78 Å². The Bertz CT molecular complexity index is 417. The maximum absolute atomic E-state index is 13.1. The predicted molar refractivity (Wildman–Crippen MR) is 82.4 cm³/mol. The monoisotopic (exact) mass is 296 g/mol. The van der Waals surface area contributed by atoms with E-state index >= 15 is 0 Å². The Balaban J connectivity index is 1.73. The fourth-order valence-corrected chi connectivity index (χ4v) is 3.08. The van der Waals surface area contributed by atoms with E-state index < -0.39 is 11.6 Å². The van der Waals surface area contributed by atoms with Crippen LogP contribution in [-0.4, -0.2) is 37.1 Å². The van der Waals surface area contributed by atoms with E-state index in [0.717, 1.165) is 31.1 Å². The molecule has 1 unspecified atom stereocenters. The Labute approximate surface area is 126 Å². The molecule has 0 radical (unpaired) electrons. The van der Waals surface area contributed by atoms with Crippen LogP contribution >= 0.6 is 0 Å². The highest BCUT2D eigenvalue weighted by atomic mass is 19.1. The number of nitrogens with zero attached hydrogens (tertiary/aromatic N) is 1. The van der Waals surface area contributed by atoms with Crippen molar-refractivity contribution in [1.82, 2.24) is 10.2 Å². The number of hydrogen-bond acceptors (Lipinski definition) is 2. The van der Waals surface area contributed by atoms with Crippen LogP contribution in [0.25, 0.3) is 0 Å². The maximum Gasteiger partial charge on any atom is 0.126 e. The number of nitrogens with one attached hydrogen (secondary N) is 1. The maximum atomic E-state index is 13.1. The van der Waals surface area contributed by atoms with Crippen molar-refractivity contribution in [1.29, 1.82) is 0 Å². The lowest BCUT2D eigenvalue weighted by molar-refractivity contribution is 0.283. The second-order valence-electron chi connectivity index (χ2n) is 5.95. The molecule has 4 heteroatoms. The smallest absolute Gasteiger partial charge is 0.126 e. The van der Waals surface area contributed by atoms with Gasteiger partial charge >= 0.3 is 0 Å². The van der Waals surface area contributed by atoms with Gasteiger partial charge in [-0.05, 0) is 76.0 Å². The molecule has 1 atom stereocenters. The first kappa shape index (κ1) is 16.4. The number of likely N-dealkylation sites (tertiary alicyclic amines) is 1. The number of halogens is 2. The number of benzene rings is 1. The molecule has 1 aliphatic heterocycles. The summed E-state index contributed by atoms with van der Waals surface area (Å²) >= 11 is 0. The summed E-state index contributed by atoms with van der Waals surface area (Å²) in [6, 6.07) is 4.29. The molecule has 2 nitrogen and oxygen atoms in total. The molecule has 1 heterocycles. The van der Waals surface area contributed by atoms with E-state index in [0.29, 0.717) is 12.5 Å². The standard InChI is InChI=1S/C17H26F2N2/c1-2-8-21-9-3-4-17(6-10-21)20-7-5-14-11-15(18)13-16(19)12-14/h11-13,17,20H,2-10H2,1H3. The molecule has 0 bridgehead atoms. The highest BCUT2D eigenvalue weighted by Gasteiger charge is 2.15. The molecule has 0 saturated carbocycles. The molecule has 0 aliphatic carbocycles. The average Bonchev–Trinajstić information content (AvgIpc) is 2.64. The highest BCUT2D eigenvalue weighted by molar-refractivity contribution is 5.18. The third-order valence-electron chi connectivity index (χ3n) is 4.13. The van der Waals surface area contributed by atoms with Gasteiger partial charge < -0.3 is 10.2 Å². The molecule has 118 valence electrons. The average molecular weight is 296 g/mol. The number of rotatable bonds is 6. The van der Waals surface area contributed by atoms with Crippen molar-refractivity contribution in [3.05, 3.63) is 35.4 Å². The molecule has 21 heavy (non-hydrogen) atoms. The molecule has 0 amide bonds. The normalized spacial score (nSPS) is 20.4. The summed E-state index contributed by atoms with van der Waals surface area (Å²) < 4.78 is 26.2. The third kappa shape index (κ3) is 5.71. The fraction of sp³-hybridized carbons (Fsp3) is 0.647. The molecule has 1 saturated heterocycles. The molecule has 1 N–H and O–H groups in total. The zero-order valence-corrected chi connectivity index (χ0v) is 12.9. The van der Waals surface area contributed by atoms with Gasteiger partial charge in [0.15, 0.2) is 0 Å². The van der Waals surface area contributed by atoms with Crippen molar-refractivity contribution in [3.8, 4) is 0 Å². The van der Waals surface area contributed by atoms with Crippen LogP contribution in [0.2, 0.25) is 0 Å². The van der Waals surface area contributed by atoms with Crippen LogP contribution in [0.1, 0.15) is 38.2 Å². The fourth-order valence-electron chi connectivity index (χ4n) is 3.08. The van der Waals surface area contributed by atoms with E-state index in [1.165, 1.54) is 44.5 Å². The van der Waals surface area contributed by atoms with Gasteiger partial charge in [0.25, 0.3) is 0 Å². The number of hydrogen-bond donors (Lipinski definition) is 1. The molecular formula is C17H26F2N2. The Kier molecular flexibility index (Phi) is 6.58. The largest absolute Gasteiger partial charge is 0.314 e. The van der Waals surface area contributed by atoms with Crippen LogP contribution < -0.4 is 5.32 Å². The lowest BCUT2D eigenvalue weighted by Gasteiger charge is -2.19. The van der Waals surface area contributed by atoms with Gasteiger partial charge in [0.1, 0.15) is 11.6 Å². The van der Waals surface area contributed by atoms with Crippen LogP contribution in [0.5, 0.6) is 0 Å². The predicted octanol–water partition coefficient (Wildman–Crippen LogP) is 3.36. The van der Waals surface area contributed by atoms with Gasteiger partial charge in [0.05, 0.1) is 0 Å². The van der Waals surface area contributed by atoms with Crippen molar-refractivity contribution in [2.24, 2.45) is 0 Å². The van der Waals surface area contributed by atoms with Crippen molar-refractivity contribution >= 4 is 0 Å². The summed E-state index contributed by atoms with van der Waals surface area (Å²) in [6.07, 6.45) is 5.47. The van der Waals surface area contributed by atoms with E-state index in [9.17, 15) is 8.78 Å². The second kappa shape index (κ2) is 8.44. The molecule has 1 aromatic carbocycles. The second-order valence-corrected chi connectivity index (χ2v) is 5.95. The quantitative estimate of drug-likeness (QED) is 0.866. The van der Waals surface area contributed by atoms with Gasteiger partial charge in [-0.2, -0.15) is 0 Å². The first-order valence-corrected chi connectivity index (χ1v) is 8.08. The van der Waals surface area contributed by atoms with Gasteiger partial charge in [-0.1, -0.05) is 6.92 Å². The van der Waals surface area contributed by atoms with Crippen LogP contribution in [0.15, 0.2) is 18.2 Å². The van der Waals surface area contributed by atoms with Crippen LogP contribution in [-0.2, 0) is 6.42 Å². The van der Waals surface area contributed by atoms with E-state index in [2.05, 4.69) is 17.1 Å². The van der Waals surface area contributed by atoms with Crippen LogP contribution in [0.3, 0.4) is 0 Å². The molecular weight excluding hydrogens is 270 g/mol. The minimum Gasteiger partial charge on any atom is -0.314 e. The van der Waals surface area contributed by atoms with E-state index in [4.69, 9.17) is 0 Å². The Morgan fingerprint density at radius 3 is 2.62 bits per heavy atom. The van der Waals surface area contributed by atoms with Crippen molar-refractivity contribution in [3.63, 3.8) is 0 Å². The summed E-state index contributed by atoms with van der Waals surface area (Å²) in [5.74, 6) is -0.982. The van der Waals surface area contributed by atoms with Gasteiger partial charge in [0, 0.05) is 12.1 Å². The summed E-state index contributed by atoms with van der Waals surface area (Å²) in [4.78, 5) is 2.53. The molecule has 1 aliphatic rings. The molecule has 1 aromatic rings. The molecule has 1 fully saturated rings. The Hall–Kier alpha value is -1.00. The Morgan fingerprint density at radius 2 is 1.90 bits per heavy atom. The van der Waals surface area contributed by atoms with Gasteiger partial charge in [0.2, 0.25) is 0 Å². The first-order chi connectivity index (χ1) is 10.2. The lowest BCUT2D eigenvalue weighted by Crippen LogP contribution is -2.32. The SMILES string of the molecule is CCCN1CCCC(NCCc2cc(F)cc(F)c2)CC1. The van der Waals surface area contributed by atoms with E-state index in [1.54, 1.807) is 0 Å². The zero-order valence-electron chi connectivity index (χ0n) is 12.9. The van der Waals surface area contributed by atoms with Crippen LogP contribution in [0, 0.1) is 11.6 Å². The zero-order chi connectivity index (χ0) is 15.1. The summed E-state index contributed by atoms with van der Waals surface area (Å²) in [6.45, 7) is 6.54. The third-order valence-corrected chi connectivity index (χ3v) is 4.13. The van der Waals surface area contributed by atoms with Gasteiger partial charge in [-0.15, -0.1) is 0 Å². The minimum atomic E-state index is -0.491. The van der Waals surface area contributed by atoms with E-state index in [1.807, 2.05) is 0 Å². The molecule has 0 spiro atoms. The van der Waals surface area contributed by atoms with Gasteiger partial charge in [-0.3, -0.25) is 0 Å². The van der Waals surface area contributed by atoms with Crippen molar-refractivity contribution in [2.45, 2.75) is 45.1 Å². The summed E-state index contributed by atoms with van der Waals surface area (Å²) in [5, 5.41) is 3.54. The van der Waals surface area contributed by atoms with Crippen molar-refractivity contribution < 1.29 is 8.78 Å². The summed E-state index contributed by atoms with van der Waals surface area (Å²) in [7, 11) is 0. The Morgan fingerprint density at radius 1 is 1.14 bits per heavy atom.